The first kappa shape index (κ1) is 19.7. The maximum Gasteiger partial charge on any atom is 0.305 e. The van der Waals surface area contributed by atoms with Crippen molar-refractivity contribution in [3.63, 3.8) is 0 Å². The second kappa shape index (κ2) is 9.15. The summed E-state index contributed by atoms with van der Waals surface area (Å²) in [5, 5.41) is 2.98. The summed E-state index contributed by atoms with van der Waals surface area (Å²) >= 11 is 0. The smallest absolute Gasteiger partial charge is 0.305 e. The number of amides is 1. The van der Waals surface area contributed by atoms with Gasteiger partial charge in [-0.3, -0.25) is 9.59 Å². The van der Waals surface area contributed by atoms with Crippen LogP contribution in [0.25, 0.3) is 0 Å². The molecular formula is C19H29NO5. The van der Waals surface area contributed by atoms with E-state index < -0.39 is 0 Å². The Morgan fingerprint density at radius 3 is 2.88 bits per heavy atom. The minimum atomic E-state index is -0.157. The lowest BCUT2D eigenvalue weighted by molar-refractivity contribution is -0.143. The summed E-state index contributed by atoms with van der Waals surface area (Å²) in [4.78, 5) is 23.5. The predicted molar refractivity (Wildman–Crippen MR) is 93.5 cm³/mol. The number of carbonyl (C=O) groups is 2. The summed E-state index contributed by atoms with van der Waals surface area (Å²) in [7, 11) is 1.60. The number of methoxy groups -OCH3 is 1. The molecule has 0 bridgehead atoms. The van der Waals surface area contributed by atoms with Crippen LogP contribution in [0.1, 0.15) is 52.4 Å². The Kier molecular flexibility index (Phi) is 7.20. The minimum absolute atomic E-state index is 0.0695. The molecule has 1 N–H and O–H groups in total. The van der Waals surface area contributed by atoms with E-state index in [2.05, 4.69) is 18.3 Å². The van der Waals surface area contributed by atoms with E-state index in [0.29, 0.717) is 26.1 Å². The van der Waals surface area contributed by atoms with E-state index in [1.165, 1.54) is 11.1 Å². The van der Waals surface area contributed by atoms with Crippen molar-refractivity contribution >= 4 is 11.9 Å². The third-order valence-corrected chi connectivity index (χ3v) is 4.91. The number of carbonyl (C=O) groups excluding carboxylic acids is 2. The molecule has 1 aliphatic heterocycles. The largest absolute Gasteiger partial charge is 0.466 e. The second-order valence-electron chi connectivity index (χ2n) is 6.84. The number of ether oxygens (including phenoxy) is 3. The third kappa shape index (κ3) is 5.41. The highest BCUT2D eigenvalue weighted by molar-refractivity contribution is 5.80. The van der Waals surface area contributed by atoms with E-state index in [4.69, 9.17) is 14.2 Å². The molecule has 1 heterocycles. The quantitative estimate of drug-likeness (QED) is 0.393. The van der Waals surface area contributed by atoms with Gasteiger partial charge in [-0.15, -0.1) is 0 Å². The van der Waals surface area contributed by atoms with Gasteiger partial charge in [0.25, 0.3) is 0 Å². The fourth-order valence-corrected chi connectivity index (χ4v) is 3.51. The van der Waals surface area contributed by atoms with Crippen LogP contribution in [0.2, 0.25) is 0 Å². The zero-order chi connectivity index (χ0) is 18.3. The number of hydrogen-bond donors (Lipinski definition) is 1. The van der Waals surface area contributed by atoms with Gasteiger partial charge in [0.2, 0.25) is 5.91 Å². The highest BCUT2D eigenvalue weighted by Gasteiger charge is 2.36. The van der Waals surface area contributed by atoms with Gasteiger partial charge in [0.15, 0.2) is 0 Å². The summed E-state index contributed by atoms with van der Waals surface area (Å²) in [5.41, 5.74) is 3.29. The molecule has 0 aromatic rings. The molecule has 6 nitrogen and oxygen atoms in total. The normalized spacial score (nSPS) is 23.0. The van der Waals surface area contributed by atoms with Crippen LogP contribution in [0, 0.1) is 5.41 Å². The minimum Gasteiger partial charge on any atom is -0.466 e. The van der Waals surface area contributed by atoms with Gasteiger partial charge in [-0.25, -0.2) is 0 Å². The lowest BCUT2D eigenvalue weighted by Gasteiger charge is -2.39. The van der Waals surface area contributed by atoms with Crippen molar-refractivity contribution in [2.24, 2.45) is 5.41 Å². The van der Waals surface area contributed by atoms with Crippen LogP contribution in [-0.4, -0.2) is 39.0 Å². The van der Waals surface area contributed by atoms with Crippen molar-refractivity contribution in [2.45, 2.75) is 52.4 Å². The van der Waals surface area contributed by atoms with Gasteiger partial charge in [-0.2, -0.15) is 0 Å². The Hall–Kier alpha value is -1.66. The molecule has 0 spiro atoms. The molecule has 0 fully saturated rings. The van der Waals surface area contributed by atoms with Crippen molar-refractivity contribution in [3.8, 4) is 0 Å². The number of hydrogen-bond acceptors (Lipinski definition) is 5. The van der Waals surface area contributed by atoms with Crippen molar-refractivity contribution in [1.82, 2.24) is 5.32 Å². The fourth-order valence-electron chi connectivity index (χ4n) is 3.51. The number of nitrogens with one attached hydrogen (secondary N) is 1. The van der Waals surface area contributed by atoms with E-state index >= 15 is 0 Å². The van der Waals surface area contributed by atoms with Crippen molar-refractivity contribution in [2.75, 3.05) is 27.1 Å². The highest BCUT2D eigenvalue weighted by atomic mass is 16.7. The fraction of sp³-hybridized carbons (Fsp3) is 0.684. The lowest BCUT2D eigenvalue weighted by Crippen LogP contribution is -2.34. The van der Waals surface area contributed by atoms with Crippen LogP contribution in [-0.2, 0) is 23.8 Å². The van der Waals surface area contributed by atoms with Gasteiger partial charge in [0, 0.05) is 25.6 Å². The molecule has 0 aromatic heterocycles. The van der Waals surface area contributed by atoms with Crippen LogP contribution < -0.4 is 5.32 Å². The molecule has 0 aromatic carbocycles. The molecule has 0 radical (unpaired) electrons. The van der Waals surface area contributed by atoms with Gasteiger partial charge in [0.1, 0.15) is 6.79 Å². The summed E-state index contributed by atoms with van der Waals surface area (Å²) in [6.45, 7) is 5.22. The van der Waals surface area contributed by atoms with Crippen molar-refractivity contribution < 1.29 is 23.8 Å². The molecule has 25 heavy (non-hydrogen) atoms. The summed E-state index contributed by atoms with van der Waals surface area (Å²) < 4.78 is 15.4. The predicted octanol–water partition coefficient (Wildman–Crippen LogP) is 2.84. The van der Waals surface area contributed by atoms with Gasteiger partial charge in [-0.05, 0) is 49.7 Å². The average molecular weight is 351 g/mol. The van der Waals surface area contributed by atoms with Crippen LogP contribution in [0.5, 0.6) is 0 Å². The monoisotopic (exact) mass is 351 g/mol. The highest BCUT2D eigenvalue weighted by Crippen LogP contribution is 2.46. The number of allylic oxidation sites excluding steroid dienone is 2. The first-order valence-corrected chi connectivity index (χ1v) is 8.93. The summed E-state index contributed by atoms with van der Waals surface area (Å²) in [5.74, 6) is -0.0875. The van der Waals surface area contributed by atoms with E-state index in [1.54, 1.807) is 7.11 Å². The van der Waals surface area contributed by atoms with Crippen LogP contribution in [0.15, 0.2) is 22.9 Å². The van der Waals surface area contributed by atoms with Gasteiger partial charge >= 0.3 is 5.97 Å². The first-order valence-electron chi connectivity index (χ1n) is 8.93. The summed E-state index contributed by atoms with van der Waals surface area (Å²) in [6, 6.07) is 0. The zero-order valence-corrected chi connectivity index (χ0v) is 15.5. The average Bonchev–Trinajstić information content (AvgIpc) is 2.58. The van der Waals surface area contributed by atoms with Gasteiger partial charge < -0.3 is 19.5 Å². The molecule has 1 unspecified atom stereocenters. The topological polar surface area (TPSA) is 73.9 Å². The number of esters is 1. The molecule has 1 amide bonds. The van der Waals surface area contributed by atoms with Crippen LogP contribution in [0.4, 0.5) is 0 Å². The van der Waals surface area contributed by atoms with Crippen molar-refractivity contribution in [1.29, 1.82) is 0 Å². The zero-order valence-electron chi connectivity index (χ0n) is 15.5. The maximum absolute atomic E-state index is 11.8. The van der Waals surface area contributed by atoms with E-state index in [0.717, 1.165) is 31.4 Å². The van der Waals surface area contributed by atoms with Crippen molar-refractivity contribution in [3.05, 3.63) is 22.9 Å². The van der Waals surface area contributed by atoms with E-state index in [1.807, 2.05) is 6.92 Å². The van der Waals surface area contributed by atoms with Gasteiger partial charge in [-0.1, -0.05) is 12.5 Å². The molecule has 6 heteroatoms. The third-order valence-electron chi connectivity index (χ3n) is 4.91. The Balaban J connectivity index is 2.11. The second-order valence-corrected chi connectivity index (χ2v) is 6.84. The van der Waals surface area contributed by atoms with Crippen LogP contribution >= 0.6 is 0 Å². The van der Waals surface area contributed by atoms with E-state index in [9.17, 15) is 9.59 Å². The molecular weight excluding hydrogens is 322 g/mol. The standard InChI is InChI=1S/C19H29NO5/c1-4-25-18(22)7-9-19(2)12-14-5-6-17(21)20-16(14)11-15(19)8-10-24-13-23-3/h11H,4-10,12-13H2,1-3H3,(H,20,21). The first-order chi connectivity index (χ1) is 12.0. The molecule has 0 saturated carbocycles. The molecule has 1 aliphatic carbocycles. The van der Waals surface area contributed by atoms with Gasteiger partial charge in [0.05, 0.1) is 13.2 Å². The lowest BCUT2D eigenvalue weighted by atomic mass is 9.68. The Bertz CT molecular complexity index is 566. The molecule has 140 valence electrons. The SMILES string of the molecule is CCOC(=O)CCC1(C)CC2=C(C=C1CCOCOC)NC(=O)CC2. The molecule has 0 saturated heterocycles. The maximum atomic E-state index is 11.8. The Labute approximate surface area is 149 Å². The Morgan fingerprint density at radius 2 is 2.16 bits per heavy atom. The summed E-state index contributed by atoms with van der Waals surface area (Å²) in [6.07, 6.45) is 6.14. The molecule has 1 atom stereocenters. The number of rotatable bonds is 9. The van der Waals surface area contributed by atoms with E-state index in [-0.39, 0.29) is 24.1 Å². The van der Waals surface area contributed by atoms with Crippen LogP contribution in [0.3, 0.4) is 0 Å². The Morgan fingerprint density at radius 1 is 1.36 bits per heavy atom. The molecule has 2 rings (SSSR count). The molecule has 2 aliphatic rings.